The maximum Gasteiger partial charge on any atom is 0.414 e. The SMILES string of the molecule is Cc1c2c(cc[n+]1Cc1ccccc1)c1ccc(OCC(=O)OCCCCOc3no[n+]([O-])c3S(=O)(=O)c3ccccc3)cc1n2CCCc1ccccc1. The van der Waals surface area contributed by atoms with Crippen molar-refractivity contribution in [1.29, 1.82) is 0 Å². The summed E-state index contributed by atoms with van der Waals surface area (Å²) in [4.78, 5) is 12.3. The maximum atomic E-state index is 12.9. The number of benzene rings is 4. The Morgan fingerprint density at radius 1 is 0.818 bits per heavy atom. The van der Waals surface area contributed by atoms with Crippen molar-refractivity contribution in [2.75, 3.05) is 19.8 Å². The minimum absolute atomic E-state index is 0.0169. The molecule has 7 rings (SSSR count). The fraction of sp³-hybridized carbons (Fsp3) is 0.238. The lowest BCUT2D eigenvalue weighted by atomic mass is 10.1. The number of carbonyl (C=O) groups excluding carboxylic acids is 1. The lowest BCUT2D eigenvalue weighted by Crippen LogP contribution is -2.37. The number of sulfone groups is 1. The van der Waals surface area contributed by atoms with Gasteiger partial charge in [0.2, 0.25) is 5.69 Å². The first-order valence-electron chi connectivity index (χ1n) is 18.1. The van der Waals surface area contributed by atoms with E-state index < -0.39 is 26.7 Å². The number of nitrogens with zero attached hydrogens (tertiary/aromatic N) is 4. The molecule has 3 aromatic heterocycles. The number of hydrogen-bond donors (Lipinski definition) is 0. The van der Waals surface area contributed by atoms with Crippen LogP contribution in [0.5, 0.6) is 11.6 Å². The van der Waals surface area contributed by atoms with Gasteiger partial charge in [0.05, 0.1) is 28.8 Å². The predicted octanol–water partition coefficient (Wildman–Crippen LogP) is 6.31. The molecule has 55 heavy (non-hydrogen) atoms. The van der Waals surface area contributed by atoms with Crippen LogP contribution in [0.1, 0.15) is 36.1 Å². The molecule has 4 aromatic carbocycles. The first-order chi connectivity index (χ1) is 26.8. The summed E-state index contributed by atoms with van der Waals surface area (Å²) in [7, 11) is -4.21. The molecule has 0 aliphatic carbocycles. The molecule has 282 valence electrons. The van der Waals surface area contributed by atoms with Gasteiger partial charge in [-0.3, -0.25) is 4.63 Å². The fourth-order valence-corrected chi connectivity index (χ4v) is 7.96. The maximum absolute atomic E-state index is 12.9. The Kier molecular flexibility index (Phi) is 11.4. The van der Waals surface area contributed by atoms with Crippen molar-refractivity contribution in [1.82, 2.24) is 9.72 Å². The van der Waals surface area contributed by atoms with E-state index in [2.05, 4.69) is 86.6 Å². The quantitative estimate of drug-likeness (QED) is 0.0452. The number of pyridine rings is 1. The zero-order valence-corrected chi connectivity index (χ0v) is 31.2. The molecule has 13 heteroatoms. The Bertz CT molecular complexity index is 2500. The normalized spacial score (nSPS) is 11.6. The molecule has 0 atom stereocenters. The Morgan fingerprint density at radius 3 is 2.25 bits per heavy atom. The average Bonchev–Trinajstić information content (AvgIpc) is 3.74. The number of aryl methyl sites for hydroxylation is 3. The molecule has 0 aliphatic rings. The molecule has 0 aliphatic heterocycles. The lowest BCUT2D eigenvalue weighted by molar-refractivity contribution is -0.832. The van der Waals surface area contributed by atoms with Gasteiger partial charge < -0.3 is 24.0 Å². The van der Waals surface area contributed by atoms with Crippen LogP contribution in [-0.4, -0.2) is 43.9 Å². The topological polar surface area (TPSA) is 141 Å². The van der Waals surface area contributed by atoms with Crippen molar-refractivity contribution in [2.45, 2.75) is 55.6 Å². The fourth-order valence-electron chi connectivity index (χ4n) is 6.67. The molecular formula is C42H41N4O8S+. The first-order valence-corrected chi connectivity index (χ1v) is 19.6. The molecule has 7 aromatic rings. The second-order valence-corrected chi connectivity index (χ2v) is 15.0. The second-order valence-electron chi connectivity index (χ2n) is 13.1. The van der Waals surface area contributed by atoms with Crippen LogP contribution in [0.4, 0.5) is 0 Å². The number of esters is 1. The number of carbonyl (C=O) groups is 1. The van der Waals surface area contributed by atoms with Gasteiger partial charge in [-0.25, -0.2) is 13.2 Å². The largest absolute Gasteiger partial charge is 0.482 e. The Labute approximate surface area is 318 Å². The van der Waals surface area contributed by atoms with Crippen molar-refractivity contribution in [3.63, 3.8) is 0 Å². The molecule has 0 bridgehead atoms. The number of aromatic nitrogens is 4. The van der Waals surface area contributed by atoms with Crippen LogP contribution in [0.25, 0.3) is 21.8 Å². The van der Waals surface area contributed by atoms with E-state index in [1.165, 1.54) is 46.6 Å². The van der Waals surface area contributed by atoms with E-state index in [1.54, 1.807) is 6.07 Å². The van der Waals surface area contributed by atoms with Crippen LogP contribution in [-0.2, 0) is 38.9 Å². The molecule has 0 N–H and O–H groups in total. The Hall–Kier alpha value is -6.21. The molecule has 0 radical (unpaired) electrons. The van der Waals surface area contributed by atoms with Gasteiger partial charge in [0.25, 0.3) is 9.84 Å². The van der Waals surface area contributed by atoms with Gasteiger partial charge >= 0.3 is 16.9 Å². The van der Waals surface area contributed by atoms with Crippen molar-refractivity contribution in [2.24, 2.45) is 0 Å². The Balaban J connectivity index is 0.971. The van der Waals surface area contributed by atoms with Gasteiger partial charge in [0.15, 0.2) is 19.3 Å². The number of ether oxygens (including phenoxy) is 3. The highest BCUT2D eigenvalue weighted by molar-refractivity contribution is 7.91. The summed E-state index contributed by atoms with van der Waals surface area (Å²) in [5.74, 6) is -0.399. The zero-order valence-electron chi connectivity index (χ0n) is 30.4. The van der Waals surface area contributed by atoms with Crippen LogP contribution in [0.2, 0.25) is 0 Å². The first kappa shape index (κ1) is 37.1. The van der Waals surface area contributed by atoms with E-state index >= 15 is 0 Å². The third-order valence-corrected chi connectivity index (χ3v) is 11.1. The van der Waals surface area contributed by atoms with E-state index in [0.717, 1.165) is 42.2 Å². The highest BCUT2D eigenvalue weighted by Gasteiger charge is 2.35. The monoisotopic (exact) mass is 761 g/mol. The number of hydrogen-bond acceptors (Lipinski definition) is 9. The molecule has 0 spiro atoms. The number of fused-ring (bicyclic) bond motifs is 3. The Morgan fingerprint density at radius 2 is 1.51 bits per heavy atom. The van der Waals surface area contributed by atoms with E-state index in [9.17, 15) is 18.4 Å². The summed E-state index contributed by atoms with van der Waals surface area (Å²) in [5, 5.41) is 17.1. The minimum Gasteiger partial charge on any atom is -0.482 e. The summed E-state index contributed by atoms with van der Waals surface area (Å²) in [6.07, 6.45) is 4.85. The minimum atomic E-state index is -4.21. The van der Waals surface area contributed by atoms with Gasteiger partial charge in [-0.15, -0.1) is 0 Å². The van der Waals surface area contributed by atoms with Crippen LogP contribution >= 0.6 is 0 Å². The van der Waals surface area contributed by atoms with E-state index in [1.807, 2.05) is 30.3 Å². The molecule has 3 heterocycles. The third-order valence-electron chi connectivity index (χ3n) is 9.41. The lowest BCUT2D eigenvalue weighted by Gasteiger charge is -2.11. The van der Waals surface area contributed by atoms with Crippen LogP contribution in [0, 0.1) is 12.1 Å². The molecule has 0 amide bonds. The van der Waals surface area contributed by atoms with Gasteiger partial charge in [-0.1, -0.05) is 78.9 Å². The summed E-state index contributed by atoms with van der Waals surface area (Å²) < 4.78 is 51.8. The van der Waals surface area contributed by atoms with Crippen molar-refractivity contribution >= 4 is 37.6 Å². The zero-order chi connectivity index (χ0) is 38.2. The van der Waals surface area contributed by atoms with E-state index in [4.69, 9.17) is 14.2 Å². The summed E-state index contributed by atoms with van der Waals surface area (Å²) >= 11 is 0. The molecule has 0 saturated carbocycles. The van der Waals surface area contributed by atoms with Gasteiger partial charge in [0.1, 0.15) is 11.3 Å². The number of rotatable bonds is 17. The van der Waals surface area contributed by atoms with E-state index in [0.29, 0.717) is 18.6 Å². The molecule has 0 fully saturated rings. The molecule has 0 unspecified atom stereocenters. The predicted molar refractivity (Wildman–Crippen MR) is 203 cm³/mol. The standard InChI is InChI=1S/C42H41N4O8S/c1-31-40-37(23-25-44(31)29-33-16-7-3-8-17-33)36-22-21-34(28-38(36)45(40)24-13-18-32-14-5-2-6-15-32)53-30-39(47)51-26-11-12-27-52-41-42(46(48)54-43-41)55(49,50)35-19-9-4-10-20-35/h2-10,14-17,19-23,25,28H,11-13,18,24,26-27,29-30H2,1H3/q+1. The summed E-state index contributed by atoms with van der Waals surface area (Å²) in [6, 6.07) is 36.5. The van der Waals surface area contributed by atoms with Gasteiger partial charge in [0, 0.05) is 41.9 Å². The second kappa shape index (κ2) is 16.9. The summed E-state index contributed by atoms with van der Waals surface area (Å²) in [5.41, 5.74) is 5.90. The van der Waals surface area contributed by atoms with Crippen molar-refractivity contribution in [3.8, 4) is 11.6 Å². The third kappa shape index (κ3) is 8.47. The molecular weight excluding hydrogens is 721 g/mol. The van der Waals surface area contributed by atoms with Crippen LogP contribution < -0.4 is 18.9 Å². The van der Waals surface area contributed by atoms with Gasteiger partial charge in [-0.2, -0.15) is 4.57 Å². The molecule has 0 saturated heterocycles. The van der Waals surface area contributed by atoms with Crippen molar-refractivity contribution in [3.05, 3.63) is 143 Å². The van der Waals surface area contributed by atoms with Crippen LogP contribution in [0.3, 0.4) is 0 Å². The average molecular weight is 762 g/mol. The summed E-state index contributed by atoms with van der Waals surface area (Å²) in [6.45, 7) is 3.58. The highest BCUT2D eigenvalue weighted by atomic mass is 32.2. The van der Waals surface area contributed by atoms with Crippen LogP contribution in [0.15, 0.2) is 136 Å². The number of unbranched alkanes of at least 4 members (excludes halogenated alkanes) is 1. The highest BCUT2D eigenvalue weighted by Crippen LogP contribution is 2.33. The van der Waals surface area contributed by atoms with Gasteiger partial charge in [-0.05, 0) is 60.4 Å². The smallest absolute Gasteiger partial charge is 0.414 e. The van der Waals surface area contributed by atoms with Crippen molar-refractivity contribution < 1.29 is 41.5 Å². The molecule has 12 nitrogen and oxygen atoms in total. The van der Waals surface area contributed by atoms with E-state index in [-0.39, 0.29) is 29.6 Å².